The number of hydrogen-bond acceptors (Lipinski definition) is 2. The average molecular weight is 170 g/mol. The van der Waals surface area contributed by atoms with Crippen LogP contribution >= 0.6 is 0 Å². The Balaban J connectivity index is 2.55. The first kappa shape index (κ1) is 7.73. The van der Waals surface area contributed by atoms with Crippen molar-refractivity contribution in [3.05, 3.63) is 29.6 Å². The van der Waals surface area contributed by atoms with Gasteiger partial charge in [-0.25, -0.2) is 4.39 Å². The van der Waals surface area contributed by atoms with Gasteiger partial charge >= 0.3 is 6.75 Å². The van der Waals surface area contributed by atoms with Crippen LogP contribution in [0.1, 0.15) is 5.56 Å². The molecule has 1 heterocycles. The van der Waals surface area contributed by atoms with Gasteiger partial charge in [0.15, 0.2) is 0 Å². The molecule has 0 saturated heterocycles. The van der Waals surface area contributed by atoms with E-state index in [1.165, 1.54) is 18.2 Å². The maximum Gasteiger partial charge on any atom is 0.595 e. The van der Waals surface area contributed by atoms with Crippen molar-refractivity contribution in [2.75, 3.05) is 0 Å². The summed E-state index contributed by atoms with van der Waals surface area (Å²) in [6.07, 6.45) is 0. The number of hydrogen-bond donors (Lipinski definition) is 2. The molecule has 1 aromatic carbocycles. The minimum atomic E-state index is -2.75. The van der Waals surface area contributed by atoms with Crippen molar-refractivity contribution < 1.29 is 19.1 Å². The minimum Gasteiger partial charge on any atom is -0.626 e. The van der Waals surface area contributed by atoms with E-state index >= 15 is 0 Å². The van der Waals surface area contributed by atoms with Crippen molar-refractivity contribution in [1.29, 1.82) is 0 Å². The maximum atomic E-state index is 12.6. The van der Waals surface area contributed by atoms with Gasteiger partial charge in [0.25, 0.3) is 0 Å². The lowest BCUT2D eigenvalue weighted by molar-refractivity contribution is 0.0342. The molecule has 0 aromatic heterocycles. The van der Waals surface area contributed by atoms with E-state index in [9.17, 15) is 14.4 Å². The molecule has 5 heteroatoms. The first-order valence-electron chi connectivity index (χ1n) is 3.66. The molecule has 0 radical (unpaired) electrons. The summed E-state index contributed by atoms with van der Waals surface area (Å²) >= 11 is 0. The first-order valence-corrected chi connectivity index (χ1v) is 3.66. The van der Waals surface area contributed by atoms with Crippen molar-refractivity contribution in [3.8, 4) is 0 Å². The Morgan fingerprint density at radius 2 is 2.17 bits per heavy atom. The lowest BCUT2D eigenvalue weighted by atomic mass is 9.71. The molecule has 3 nitrogen and oxygen atoms in total. The Morgan fingerprint density at radius 1 is 1.42 bits per heavy atom. The second kappa shape index (κ2) is 2.29. The van der Waals surface area contributed by atoms with Gasteiger partial charge in [-0.1, -0.05) is 6.07 Å². The smallest absolute Gasteiger partial charge is 0.595 e. The third kappa shape index (κ3) is 1.03. The van der Waals surface area contributed by atoms with Crippen molar-refractivity contribution >= 4 is 12.2 Å². The number of rotatable bonds is 0. The number of halogens is 1. The molecule has 0 saturated carbocycles. The van der Waals surface area contributed by atoms with Crippen LogP contribution in [0.3, 0.4) is 0 Å². The summed E-state index contributed by atoms with van der Waals surface area (Å²) in [6, 6.07) is 3.83. The molecular formula is C7H8BFO3. The van der Waals surface area contributed by atoms with Crippen molar-refractivity contribution in [2.45, 2.75) is 6.61 Å². The van der Waals surface area contributed by atoms with Gasteiger partial charge in [-0.2, -0.15) is 0 Å². The molecule has 1 aliphatic heterocycles. The molecular weight excluding hydrogens is 162 g/mol. The fourth-order valence-electron chi connectivity index (χ4n) is 1.41. The summed E-state index contributed by atoms with van der Waals surface area (Å²) in [4.78, 5) is 0. The normalized spacial score (nSPS) is 19.2. The second-order valence-corrected chi connectivity index (χ2v) is 2.92. The SMILES string of the molecule is O[B-]1(O)[OH+]Cc2cc(F)ccc21. The predicted octanol–water partition coefficient (Wildman–Crippen LogP) is -1.00. The molecule has 1 aromatic rings. The number of aliphatic hydroxyl groups is 1. The van der Waals surface area contributed by atoms with Crippen LogP contribution in [0.2, 0.25) is 0 Å². The molecule has 64 valence electrons. The highest BCUT2D eigenvalue weighted by Crippen LogP contribution is 2.13. The minimum absolute atomic E-state index is 0.181. The fourth-order valence-corrected chi connectivity index (χ4v) is 1.41. The molecule has 3 N–H and O–H groups in total. The molecule has 0 fully saturated rings. The van der Waals surface area contributed by atoms with E-state index in [4.69, 9.17) is 0 Å². The number of fused-ring (bicyclic) bond motifs is 1. The Bertz CT molecular complexity index is 326. The summed E-state index contributed by atoms with van der Waals surface area (Å²) in [7, 11) is 0. The Morgan fingerprint density at radius 3 is 2.92 bits per heavy atom. The highest BCUT2D eigenvalue weighted by Gasteiger charge is 2.40. The van der Waals surface area contributed by atoms with Crippen LogP contribution in [0, 0.1) is 5.82 Å². The topological polar surface area (TPSA) is 53.3 Å². The van der Waals surface area contributed by atoms with Crippen molar-refractivity contribution in [3.63, 3.8) is 0 Å². The molecule has 2 rings (SSSR count). The molecule has 0 atom stereocenters. The Kier molecular flexibility index (Phi) is 1.48. The van der Waals surface area contributed by atoms with Crippen molar-refractivity contribution in [2.24, 2.45) is 0 Å². The highest BCUT2D eigenvalue weighted by molar-refractivity contribution is 6.73. The van der Waals surface area contributed by atoms with Gasteiger partial charge in [0.2, 0.25) is 0 Å². The van der Waals surface area contributed by atoms with Crippen LogP contribution in [-0.4, -0.2) is 21.5 Å². The van der Waals surface area contributed by atoms with Crippen LogP contribution in [0.25, 0.3) is 0 Å². The molecule has 0 aliphatic carbocycles. The van der Waals surface area contributed by atoms with Gasteiger partial charge < -0.3 is 14.7 Å². The van der Waals surface area contributed by atoms with Gasteiger partial charge in [-0.05, 0) is 17.6 Å². The second-order valence-electron chi connectivity index (χ2n) is 2.92. The quantitative estimate of drug-likeness (QED) is 0.387. The zero-order valence-electron chi connectivity index (χ0n) is 6.24. The van der Waals surface area contributed by atoms with E-state index in [1.807, 2.05) is 0 Å². The highest BCUT2D eigenvalue weighted by atomic mass is 19.1. The summed E-state index contributed by atoms with van der Waals surface area (Å²) in [6.45, 7) is -2.57. The third-order valence-electron chi connectivity index (χ3n) is 2.04. The lowest BCUT2D eigenvalue weighted by Gasteiger charge is -2.15. The van der Waals surface area contributed by atoms with E-state index in [-0.39, 0.29) is 12.4 Å². The van der Waals surface area contributed by atoms with E-state index in [2.05, 4.69) is 4.65 Å². The van der Waals surface area contributed by atoms with Crippen LogP contribution < -0.4 is 5.46 Å². The standard InChI is InChI=1S/C7H8BFO3/c9-6-1-2-7-5(3-6)4-12-8(7,10)11/h1-3,10-12H,4H2. The monoisotopic (exact) mass is 170 g/mol. The van der Waals surface area contributed by atoms with Crippen LogP contribution in [0.5, 0.6) is 0 Å². The van der Waals surface area contributed by atoms with Crippen molar-refractivity contribution in [1.82, 2.24) is 0 Å². The zero-order valence-corrected chi connectivity index (χ0v) is 6.24. The van der Waals surface area contributed by atoms with Crippen LogP contribution in [0.15, 0.2) is 18.2 Å². The summed E-state index contributed by atoms with van der Waals surface area (Å²) in [5.41, 5.74) is 0.886. The Labute approximate surface area is 68.4 Å². The lowest BCUT2D eigenvalue weighted by Crippen LogP contribution is -2.49. The summed E-state index contributed by atoms with van der Waals surface area (Å²) in [5.74, 6) is -0.377. The molecule has 12 heavy (non-hydrogen) atoms. The van der Waals surface area contributed by atoms with E-state index in [0.717, 1.165) is 0 Å². The van der Waals surface area contributed by atoms with Crippen LogP contribution in [0.4, 0.5) is 4.39 Å². The molecule has 0 bridgehead atoms. The Hall–Kier alpha value is -0.905. The molecule has 0 spiro atoms. The molecule has 0 amide bonds. The van der Waals surface area contributed by atoms with Gasteiger partial charge in [-0.15, -0.1) is 0 Å². The zero-order chi connectivity index (χ0) is 8.77. The predicted molar refractivity (Wildman–Crippen MR) is 42.1 cm³/mol. The van der Waals surface area contributed by atoms with E-state index in [0.29, 0.717) is 11.0 Å². The van der Waals surface area contributed by atoms with Crippen LogP contribution in [-0.2, 0) is 6.61 Å². The summed E-state index contributed by atoms with van der Waals surface area (Å²) < 4.78 is 16.2. The summed E-state index contributed by atoms with van der Waals surface area (Å²) in [5, 5.41) is 18.5. The fraction of sp³-hybridized carbons (Fsp3) is 0.143. The van der Waals surface area contributed by atoms with Gasteiger partial charge in [0.1, 0.15) is 12.4 Å². The van der Waals surface area contributed by atoms with E-state index in [1.54, 1.807) is 0 Å². The maximum absolute atomic E-state index is 12.6. The number of benzene rings is 1. The average Bonchev–Trinajstić information content (AvgIpc) is 2.27. The third-order valence-corrected chi connectivity index (χ3v) is 2.04. The van der Waals surface area contributed by atoms with Gasteiger partial charge in [0.05, 0.1) is 0 Å². The van der Waals surface area contributed by atoms with E-state index < -0.39 is 6.75 Å². The first-order chi connectivity index (χ1) is 5.59. The molecule has 1 aliphatic rings. The van der Waals surface area contributed by atoms with Gasteiger partial charge in [-0.3, -0.25) is 0 Å². The molecule has 0 unspecified atom stereocenters. The largest absolute Gasteiger partial charge is 0.626 e. The van der Waals surface area contributed by atoms with Gasteiger partial charge in [0, 0.05) is 5.56 Å².